The third-order valence-corrected chi connectivity index (χ3v) is 2.87. The summed E-state index contributed by atoms with van der Waals surface area (Å²) in [6.45, 7) is 1.49. The number of carbonyl (C=O) groups excluding carboxylic acids is 1. The number of carbonyl (C=O) groups is 1. The van der Waals surface area contributed by atoms with Gasteiger partial charge in [-0.3, -0.25) is 9.69 Å². The fourth-order valence-corrected chi connectivity index (χ4v) is 1.62. The minimum atomic E-state index is -0.112. The molecule has 17 heavy (non-hydrogen) atoms. The average molecular weight is 276 g/mol. The van der Waals surface area contributed by atoms with Gasteiger partial charge in [-0.2, -0.15) is 0 Å². The van der Waals surface area contributed by atoms with Crippen molar-refractivity contribution in [3.63, 3.8) is 0 Å². The molecule has 1 aromatic carbocycles. The molecule has 0 fully saturated rings. The van der Waals surface area contributed by atoms with E-state index in [-0.39, 0.29) is 12.5 Å². The van der Waals surface area contributed by atoms with E-state index in [1.54, 1.807) is 18.2 Å². The Morgan fingerprint density at radius 1 is 1.41 bits per heavy atom. The molecule has 0 aromatic heterocycles. The third-order valence-electron chi connectivity index (χ3n) is 2.13. The molecule has 0 bridgehead atoms. The summed E-state index contributed by atoms with van der Waals surface area (Å²) < 4.78 is 0. The van der Waals surface area contributed by atoms with E-state index in [9.17, 15) is 4.79 Å². The Kier molecular flexibility index (Phi) is 5.71. The van der Waals surface area contributed by atoms with Crippen LogP contribution < -0.4 is 11.1 Å². The van der Waals surface area contributed by atoms with E-state index in [1.165, 1.54) is 0 Å². The van der Waals surface area contributed by atoms with Crippen LogP contribution >= 0.6 is 23.2 Å². The number of halogens is 2. The number of rotatable bonds is 5. The van der Waals surface area contributed by atoms with Crippen LogP contribution in [0.25, 0.3) is 0 Å². The molecule has 0 aliphatic carbocycles. The first kappa shape index (κ1) is 14.3. The lowest BCUT2D eigenvalue weighted by molar-refractivity contribution is -0.117. The molecule has 0 radical (unpaired) electrons. The number of anilines is 1. The van der Waals surface area contributed by atoms with Gasteiger partial charge in [-0.25, -0.2) is 0 Å². The maximum absolute atomic E-state index is 11.6. The Bertz CT molecular complexity index is 398. The zero-order valence-corrected chi connectivity index (χ0v) is 11.1. The van der Waals surface area contributed by atoms with Crippen LogP contribution in [0.1, 0.15) is 0 Å². The number of nitrogens with one attached hydrogen (secondary N) is 1. The molecule has 6 heteroatoms. The second kappa shape index (κ2) is 6.81. The van der Waals surface area contributed by atoms with Crippen molar-refractivity contribution < 1.29 is 4.79 Å². The molecular weight excluding hydrogens is 261 g/mol. The average Bonchev–Trinajstić information content (AvgIpc) is 2.23. The lowest BCUT2D eigenvalue weighted by Crippen LogP contribution is -2.33. The van der Waals surface area contributed by atoms with Crippen LogP contribution in [0.2, 0.25) is 10.0 Å². The van der Waals surface area contributed by atoms with Gasteiger partial charge < -0.3 is 11.1 Å². The first-order valence-electron chi connectivity index (χ1n) is 5.16. The number of benzene rings is 1. The Balaban J connectivity index is 2.53. The monoisotopic (exact) mass is 275 g/mol. The molecule has 0 atom stereocenters. The second-order valence-corrected chi connectivity index (χ2v) is 4.52. The summed E-state index contributed by atoms with van der Waals surface area (Å²) in [5.41, 5.74) is 6.02. The van der Waals surface area contributed by atoms with Crippen molar-refractivity contribution in [2.24, 2.45) is 5.73 Å². The van der Waals surface area contributed by atoms with Crippen LogP contribution in [0.5, 0.6) is 0 Å². The Morgan fingerprint density at radius 2 is 2.12 bits per heavy atom. The molecule has 0 saturated carbocycles. The van der Waals surface area contributed by atoms with Gasteiger partial charge in [0, 0.05) is 18.8 Å². The number of hydrogen-bond acceptors (Lipinski definition) is 3. The van der Waals surface area contributed by atoms with Gasteiger partial charge in [0.1, 0.15) is 0 Å². The van der Waals surface area contributed by atoms with Crippen molar-refractivity contribution in [1.29, 1.82) is 0 Å². The zero-order valence-electron chi connectivity index (χ0n) is 9.54. The van der Waals surface area contributed by atoms with Gasteiger partial charge in [0.2, 0.25) is 5.91 Å². The summed E-state index contributed by atoms with van der Waals surface area (Å²) in [7, 11) is 1.83. The highest BCUT2D eigenvalue weighted by Gasteiger charge is 2.07. The molecule has 1 amide bonds. The molecule has 0 aliphatic heterocycles. The van der Waals surface area contributed by atoms with E-state index in [1.807, 2.05) is 11.9 Å². The third kappa shape index (κ3) is 4.91. The molecule has 0 heterocycles. The minimum absolute atomic E-state index is 0.112. The maximum Gasteiger partial charge on any atom is 0.238 e. The quantitative estimate of drug-likeness (QED) is 0.862. The van der Waals surface area contributed by atoms with Crippen molar-refractivity contribution in [2.75, 3.05) is 32.0 Å². The molecule has 94 valence electrons. The van der Waals surface area contributed by atoms with E-state index in [0.717, 1.165) is 0 Å². The number of nitrogens with two attached hydrogens (primary N) is 1. The van der Waals surface area contributed by atoms with Crippen molar-refractivity contribution in [3.05, 3.63) is 28.2 Å². The highest BCUT2D eigenvalue weighted by atomic mass is 35.5. The minimum Gasteiger partial charge on any atom is -0.329 e. The van der Waals surface area contributed by atoms with Crippen molar-refractivity contribution >= 4 is 34.8 Å². The fraction of sp³-hybridized carbons (Fsp3) is 0.364. The molecule has 0 spiro atoms. The summed E-state index contributed by atoms with van der Waals surface area (Å²) >= 11 is 11.6. The molecule has 4 nitrogen and oxygen atoms in total. The van der Waals surface area contributed by atoms with Gasteiger partial charge in [-0.05, 0) is 25.2 Å². The first-order chi connectivity index (χ1) is 8.02. The van der Waals surface area contributed by atoms with E-state index < -0.39 is 0 Å². The van der Waals surface area contributed by atoms with Crippen molar-refractivity contribution in [1.82, 2.24) is 4.90 Å². The molecule has 0 unspecified atom stereocenters. The van der Waals surface area contributed by atoms with Crippen LogP contribution in [-0.4, -0.2) is 37.5 Å². The van der Waals surface area contributed by atoms with Gasteiger partial charge in [0.25, 0.3) is 0 Å². The van der Waals surface area contributed by atoms with Crippen LogP contribution in [-0.2, 0) is 4.79 Å². The fourth-order valence-electron chi connectivity index (χ4n) is 1.32. The standard InChI is InChI=1S/C11H15Cl2N3O/c1-16(5-4-14)7-11(17)15-8-2-3-9(12)10(13)6-8/h2-3,6H,4-5,7,14H2,1H3,(H,15,17). The van der Waals surface area contributed by atoms with E-state index in [0.29, 0.717) is 28.8 Å². The van der Waals surface area contributed by atoms with Crippen LogP contribution in [0, 0.1) is 0 Å². The zero-order chi connectivity index (χ0) is 12.8. The van der Waals surface area contributed by atoms with E-state index in [2.05, 4.69) is 5.32 Å². The molecule has 1 aromatic rings. The molecule has 0 aliphatic rings. The first-order valence-corrected chi connectivity index (χ1v) is 5.92. The second-order valence-electron chi connectivity index (χ2n) is 3.70. The molecule has 3 N–H and O–H groups in total. The highest BCUT2D eigenvalue weighted by Crippen LogP contribution is 2.24. The number of hydrogen-bond donors (Lipinski definition) is 2. The topological polar surface area (TPSA) is 58.4 Å². The predicted octanol–water partition coefficient (Wildman–Crippen LogP) is 1.82. The SMILES string of the molecule is CN(CCN)CC(=O)Nc1ccc(Cl)c(Cl)c1. The van der Waals surface area contributed by atoms with Gasteiger partial charge in [0.05, 0.1) is 16.6 Å². The maximum atomic E-state index is 11.6. The number of nitrogens with zero attached hydrogens (tertiary/aromatic N) is 1. The number of amides is 1. The van der Waals surface area contributed by atoms with Gasteiger partial charge >= 0.3 is 0 Å². The summed E-state index contributed by atoms with van der Waals surface area (Å²) in [6.07, 6.45) is 0. The van der Waals surface area contributed by atoms with Gasteiger partial charge in [-0.15, -0.1) is 0 Å². The van der Waals surface area contributed by atoms with Gasteiger partial charge in [0.15, 0.2) is 0 Å². The Morgan fingerprint density at radius 3 is 2.71 bits per heavy atom. The molecular formula is C11H15Cl2N3O. The van der Waals surface area contributed by atoms with Crippen LogP contribution in [0.15, 0.2) is 18.2 Å². The smallest absolute Gasteiger partial charge is 0.238 e. The summed E-state index contributed by atoms with van der Waals surface area (Å²) in [6, 6.07) is 4.96. The van der Waals surface area contributed by atoms with Crippen molar-refractivity contribution in [3.8, 4) is 0 Å². The summed E-state index contributed by atoms with van der Waals surface area (Å²) in [4.78, 5) is 13.5. The summed E-state index contributed by atoms with van der Waals surface area (Å²) in [5.74, 6) is -0.112. The predicted molar refractivity (Wildman–Crippen MR) is 71.6 cm³/mol. The highest BCUT2D eigenvalue weighted by molar-refractivity contribution is 6.42. The van der Waals surface area contributed by atoms with E-state index in [4.69, 9.17) is 28.9 Å². The Hall–Kier alpha value is -0.810. The lowest BCUT2D eigenvalue weighted by Gasteiger charge is -2.15. The normalized spacial score (nSPS) is 10.6. The van der Waals surface area contributed by atoms with E-state index >= 15 is 0 Å². The Labute approximate surface area is 111 Å². The largest absolute Gasteiger partial charge is 0.329 e. The van der Waals surface area contributed by atoms with Crippen LogP contribution in [0.3, 0.4) is 0 Å². The van der Waals surface area contributed by atoms with Gasteiger partial charge in [-0.1, -0.05) is 23.2 Å². The summed E-state index contributed by atoms with van der Waals surface area (Å²) in [5, 5.41) is 3.61. The molecule has 1 rings (SSSR count). The van der Waals surface area contributed by atoms with Crippen LogP contribution in [0.4, 0.5) is 5.69 Å². The lowest BCUT2D eigenvalue weighted by atomic mass is 10.3. The number of likely N-dealkylation sites (N-methyl/N-ethyl adjacent to an activating group) is 1. The van der Waals surface area contributed by atoms with Crippen molar-refractivity contribution in [2.45, 2.75) is 0 Å². The molecule has 0 saturated heterocycles.